The molecular weight excluding hydrogens is 216 g/mol. The van der Waals surface area contributed by atoms with E-state index in [1.54, 1.807) is 6.07 Å². The van der Waals surface area contributed by atoms with E-state index in [1.165, 1.54) is 0 Å². The molecule has 0 amide bonds. The highest BCUT2D eigenvalue weighted by atomic mass is 32.2. The summed E-state index contributed by atoms with van der Waals surface area (Å²) in [6.07, 6.45) is 0. The first-order valence-corrected chi connectivity index (χ1v) is 6.52. The van der Waals surface area contributed by atoms with Crippen molar-refractivity contribution in [1.29, 1.82) is 5.26 Å². The molecule has 0 rings (SSSR count). The largest absolute Gasteiger partial charge is 0.380 e. The first kappa shape index (κ1) is 14.4. The van der Waals surface area contributed by atoms with Gasteiger partial charge >= 0.3 is 0 Å². The van der Waals surface area contributed by atoms with Gasteiger partial charge in [-0.3, -0.25) is 0 Å². The predicted octanol–water partition coefficient (Wildman–Crippen LogP) is 0.490. The summed E-state index contributed by atoms with van der Waals surface area (Å²) in [4.78, 5) is 0. The lowest BCUT2D eigenvalue weighted by molar-refractivity contribution is 0.116. The van der Waals surface area contributed by atoms with E-state index in [0.717, 1.165) is 0 Å². The maximum Gasteiger partial charge on any atom is 0.225 e. The van der Waals surface area contributed by atoms with Crippen LogP contribution in [-0.4, -0.2) is 33.4 Å². The van der Waals surface area contributed by atoms with Crippen LogP contribution < -0.4 is 4.72 Å². The molecule has 0 heterocycles. The van der Waals surface area contributed by atoms with Crippen LogP contribution in [0.1, 0.15) is 20.8 Å². The molecule has 0 aromatic heterocycles. The predicted molar refractivity (Wildman–Crippen MR) is 57.7 cm³/mol. The third-order valence-corrected chi connectivity index (χ3v) is 3.06. The van der Waals surface area contributed by atoms with Crippen molar-refractivity contribution in [3.05, 3.63) is 0 Å². The number of nitriles is 1. The molecule has 1 unspecified atom stereocenters. The van der Waals surface area contributed by atoms with Gasteiger partial charge in [0.25, 0.3) is 0 Å². The molecule has 0 saturated heterocycles. The van der Waals surface area contributed by atoms with Crippen LogP contribution in [0.4, 0.5) is 0 Å². The van der Waals surface area contributed by atoms with E-state index >= 15 is 0 Å². The Morgan fingerprint density at radius 2 is 2.07 bits per heavy atom. The van der Waals surface area contributed by atoms with Gasteiger partial charge in [0.15, 0.2) is 5.75 Å². The Morgan fingerprint density at radius 3 is 2.47 bits per heavy atom. The van der Waals surface area contributed by atoms with Crippen molar-refractivity contribution >= 4 is 10.0 Å². The minimum Gasteiger partial charge on any atom is -0.380 e. The van der Waals surface area contributed by atoms with Crippen molar-refractivity contribution in [3.63, 3.8) is 0 Å². The molecule has 0 aliphatic rings. The van der Waals surface area contributed by atoms with Crippen LogP contribution >= 0.6 is 0 Å². The highest BCUT2D eigenvalue weighted by Crippen LogP contribution is 2.04. The lowest BCUT2D eigenvalue weighted by Crippen LogP contribution is -2.42. The van der Waals surface area contributed by atoms with E-state index in [2.05, 4.69) is 4.72 Å². The molecule has 0 aromatic carbocycles. The summed E-state index contributed by atoms with van der Waals surface area (Å²) in [5.41, 5.74) is 0. The van der Waals surface area contributed by atoms with Gasteiger partial charge in [-0.2, -0.15) is 5.26 Å². The Kier molecular flexibility index (Phi) is 6.48. The zero-order chi connectivity index (χ0) is 11.9. The fourth-order valence-corrected chi connectivity index (χ4v) is 2.02. The van der Waals surface area contributed by atoms with Crippen molar-refractivity contribution in [2.45, 2.75) is 26.8 Å². The quantitative estimate of drug-likeness (QED) is 0.695. The van der Waals surface area contributed by atoms with E-state index in [9.17, 15) is 8.42 Å². The van der Waals surface area contributed by atoms with Crippen LogP contribution in [0.25, 0.3) is 0 Å². The molecular formula is C9H18N2O3S. The lowest BCUT2D eigenvalue weighted by Gasteiger charge is -2.21. The van der Waals surface area contributed by atoms with E-state index in [0.29, 0.717) is 13.2 Å². The molecule has 0 spiro atoms. The van der Waals surface area contributed by atoms with Crippen molar-refractivity contribution in [2.75, 3.05) is 19.0 Å². The summed E-state index contributed by atoms with van der Waals surface area (Å²) in [6, 6.07) is 1.34. The van der Waals surface area contributed by atoms with Gasteiger partial charge in [0.05, 0.1) is 12.7 Å². The minimum absolute atomic E-state index is 0.130. The Bertz CT molecular complexity index is 306. The van der Waals surface area contributed by atoms with Crippen molar-refractivity contribution < 1.29 is 13.2 Å². The summed E-state index contributed by atoms with van der Waals surface area (Å²) >= 11 is 0. The number of sulfonamides is 1. The van der Waals surface area contributed by atoms with Crippen molar-refractivity contribution in [2.24, 2.45) is 5.92 Å². The fourth-order valence-electron chi connectivity index (χ4n) is 0.965. The van der Waals surface area contributed by atoms with Crippen LogP contribution in [0.15, 0.2) is 0 Å². The number of ether oxygens (including phenoxy) is 1. The third kappa shape index (κ3) is 6.44. The van der Waals surface area contributed by atoms with E-state index < -0.39 is 15.8 Å². The van der Waals surface area contributed by atoms with Gasteiger partial charge in [-0.05, 0) is 12.8 Å². The summed E-state index contributed by atoms with van der Waals surface area (Å²) in [5, 5.41) is 8.33. The molecule has 1 atom stereocenters. The van der Waals surface area contributed by atoms with Crippen LogP contribution in [0.5, 0.6) is 0 Å². The summed E-state index contributed by atoms with van der Waals surface area (Å²) in [5.74, 6) is -0.382. The summed E-state index contributed by atoms with van der Waals surface area (Å²) in [6.45, 7) is 6.53. The third-order valence-electron chi connectivity index (χ3n) is 1.89. The maximum absolute atomic E-state index is 11.3. The Balaban J connectivity index is 4.35. The molecule has 0 aliphatic carbocycles. The number of hydrogen-bond donors (Lipinski definition) is 1. The van der Waals surface area contributed by atoms with Gasteiger partial charge in [0, 0.05) is 12.6 Å². The second kappa shape index (κ2) is 6.77. The van der Waals surface area contributed by atoms with Crippen LogP contribution in [0.3, 0.4) is 0 Å². The smallest absolute Gasteiger partial charge is 0.225 e. The van der Waals surface area contributed by atoms with Crippen LogP contribution in [-0.2, 0) is 14.8 Å². The SMILES string of the molecule is CCOCC(NS(=O)(=O)CC#N)C(C)C. The molecule has 15 heavy (non-hydrogen) atoms. The minimum atomic E-state index is -3.50. The van der Waals surface area contributed by atoms with E-state index in [1.807, 2.05) is 20.8 Å². The second-order valence-corrected chi connectivity index (χ2v) is 5.30. The molecule has 0 saturated carbocycles. The van der Waals surface area contributed by atoms with Gasteiger partial charge < -0.3 is 4.74 Å². The number of nitrogens with one attached hydrogen (secondary N) is 1. The number of hydrogen-bond acceptors (Lipinski definition) is 4. The number of nitrogens with zero attached hydrogens (tertiary/aromatic N) is 1. The molecule has 0 radical (unpaired) electrons. The average Bonchev–Trinajstić information content (AvgIpc) is 2.11. The normalized spacial score (nSPS) is 13.8. The van der Waals surface area contributed by atoms with Gasteiger partial charge in [-0.1, -0.05) is 13.8 Å². The van der Waals surface area contributed by atoms with Gasteiger partial charge in [-0.15, -0.1) is 0 Å². The highest BCUT2D eigenvalue weighted by molar-refractivity contribution is 7.89. The van der Waals surface area contributed by atoms with E-state index in [-0.39, 0.29) is 12.0 Å². The van der Waals surface area contributed by atoms with Crippen molar-refractivity contribution in [3.8, 4) is 6.07 Å². The van der Waals surface area contributed by atoms with Crippen LogP contribution in [0, 0.1) is 17.2 Å². The second-order valence-electron chi connectivity index (χ2n) is 3.55. The fraction of sp³-hybridized carbons (Fsp3) is 0.889. The van der Waals surface area contributed by atoms with Crippen molar-refractivity contribution in [1.82, 2.24) is 4.72 Å². The molecule has 88 valence electrons. The maximum atomic E-state index is 11.3. The standard InChI is InChI=1S/C9H18N2O3S/c1-4-14-7-9(8(2)3)11-15(12,13)6-5-10/h8-9,11H,4,6-7H2,1-3H3. The zero-order valence-electron chi connectivity index (χ0n) is 9.36. The van der Waals surface area contributed by atoms with E-state index in [4.69, 9.17) is 10.00 Å². The first-order chi connectivity index (χ1) is 6.93. The monoisotopic (exact) mass is 234 g/mol. The molecule has 0 fully saturated rings. The Morgan fingerprint density at radius 1 is 1.47 bits per heavy atom. The van der Waals surface area contributed by atoms with Gasteiger partial charge in [-0.25, -0.2) is 13.1 Å². The molecule has 1 N–H and O–H groups in total. The number of rotatable bonds is 7. The Labute approximate surface area is 91.5 Å². The topological polar surface area (TPSA) is 79.2 Å². The summed E-state index contributed by atoms with van der Waals surface area (Å²) in [7, 11) is -3.50. The highest BCUT2D eigenvalue weighted by Gasteiger charge is 2.20. The molecule has 0 aliphatic heterocycles. The Hall–Kier alpha value is -0.640. The van der Waals surface area contributed by atoms with Crippen LogP contribution in [0.2, 0.25) is 0 Å². The summed E-state index contributed by atoms with van der Waals surface area (Å²) < 4.78 is 30.3. The molecule has 0 aromatic rings. The lowest BCUT2D eigenvalue weighted by atomic mass is 10.1. The molecule has 5 nitrogen and oxygen atoms in total. The zero-order valence-corrected chi connectivity index (χ0v) is 10.2. The van der Waals surface area contributed by atoms with Gasteiger partial charge in [0.2, 0.25) is 10.0 Å². The molecule has 6 heteroatoms. The molecule has 0 bridgehead atoms. The van der Waals surface area contributed by atoms with Gasteiger partial charge in [0.1, 0.15) is 0 Å². The average molecular weight is 234 g/mol. The first-order valence-electron chi connectivity index (χ1n) is 4.87.